The minimum atomic E-state index is -0.441. The summed E-state index contributed by atoms with van der Waals surface area (Å²) in [5.74, 6) is 0.700. The summed E-state index contributed by atoms with van der Waals surface area (Å²) in [6.45, 7) is 9.08. The molecule has 40 heavy (non-hydrogen) atoms. The standard InChI is InChI=1S/C34H47NO5/c1-34(2,3)40-32(36)11-7-5-10-24-38-33-30(35-22-8-6-9-23-35)20-21-31(33)39-25-26-12-14-27(15-13-26)28-16-18-29(37-4)19-17-28/h5,10,12-19,30-31,33H,6-9,11,20-25H2,1-4H3/b10-5-/t30-,31+,33+/m1/s1. The second-order valence-electron chi connectivity index (χ2n) is 11.9. The fraction of sp³-hybridized carbons (Fsp3) is 0.559. The second kappa shape index (κ2) is 14.8. The molecule has 0 bridgehead atoms. The van der Waals surface area contributed by atoms with Gasteiger partial charge in [-0.25, -0.2) is 0 Å². The van der Waals surface area contributed by atoms with E-state index in [1.807, 2.05) is 45.1 Å². The molecule has 6 nitrogen and oxygen atoms in total. The molecular formula is C34H47NO5. The maximum atomic E-state index is 12.0. The molecule has 0 N–H and O–H groups in total. The molecular weight excluding hydrogens is 502 g/mol. The third-order valence-electron chi connectivity index (χ3n) is 7.68. The molecule has 0 radical (unpaired) electrons. The summed E-state index contributed by atoms with van der Waals surface area (Å²) in [5, 5.41) is 0. The first kappa shape index (κ1) is 30.3. The Morgan fingerprint density at radius 1 is 0.900 bits per heavy atom. The quantitative estimate of drug-likeness (QED) is 0.211. The van der Waals surface area contributed by atoms with Crippen molar-refractivity contribution in [1.29, 1.82) is 0 Å². The van der Waals surface area contributed by atoms with Gasteiger partial charge in [0.05, 0.1) is 32.5 Å². The first-order valence-electron chi connectivity index (χ1n) is 14.9. The smallest absolute Gasteiger partial charge is 0.306 e. The molecule has 2 fully saturated rings. The van der Waals surface area contributed by atoms with E-state index >= 15 is 0 Å². The van der Waals surface area contributed by atoms with Crippen molar-refractivity contribution in [3.05, 3.63) is 66.2 Å². The van der Waals surface area contributed by atoms with Gasteiger partial charge in [0.2, 0.25) is 0 Å². The van der Waals surface area contributed by atoms with Crippen molar-refractivity contribution in [3.63, 3.8) is 0 Å². The molecule has 0 unspecified atom stereocenters. The number of carbonyl (C=O) groups is 1. The zero-order chi connectivity index (χ0) is 28.4. The lowest BCUT2D eigenvalue weighted by atomic mass is 10.0. The Morgan fingerprint density at radius 2 is 1.57 bits per heavy atom. The van der Waals surface area contributed by atoms with E-state index in [2.05, 4.69) is 41.3 Å². The first-order chi connectivity index (χ1) is 19.3. The summed E-state index contributed by atoms with van der Waals surface area (Å²) >= 11 is 0. The summed E-state index contributed by atoms with van der Waals surface area (Å²) in [6, 6.07) is 17.2. The number of methoxy groups -OCH3 is 1. The van der Waals surface area contributed by atoms with Gasteiger partial charge in [-0.05, 0) is 94.8 Å². The molecule has 2 aliphatic rings. The van der Waals surface area contributed by atoms with E-state index in [1.165, 1.54) is 36.0 Å². The van der Waals surface area contributed by atoms with Crippen molar-refractivity contribution in [1.82, 2.24) is 4.90 Å². The van der Waals surface area contributed by atoms with Crippen LogP contribution in [0.15, 0.2) is 60.7 Å². The minimum absolute atomic E-state index is 0.0483. The zero-order valence-electron chi connectivity index (χ0n) is 24.8. The maximum Gasteiger partial charge on any atom is 0.306 e. The van der Waals surface area contributed by atoms with Gasteiger partial charge in [0.15, 0.2) is 0 Å². The van der Waals surface area contributed by atoms with Crippen LogP contribution in [0.2, 0.25) is 0 Å². The van der Waals surface area contributed by atoms with Crippen molar-refractivity contribution >= 4 is 5.97 Å². The van der Waals surface area contributed by atoms with Crippen LogP contribution < -0.4 is 4.74 Å². The van der Waals surface area contributed by atoms with E-state index in [4.69, 9.17) is 18.9 Å². The van der Waals surface area contributed by atoms with Crippen LogP contribution in [-0.2, 0) is 25.6 Å². The molecule has 1 saturated carbocycles. The molecule has 1 saturated heterocycles. The Balaban J connectivity index is 1.30. The molecule has 1 aliphatic carbocycles. The van der Waals surface area contributed by atoms with E-state index < -0.39 is 5.60 Å². The molecule has 2 aromatic rings. The molecule has 0 amide bonds. The fourth-order valence-corrected chi connectivity index (χ4v) is 5.67. The molecule has 6 heteroatoms. The topological polar surface area (TPSA) is 57.2 Å². The molecule has 218 valence electrons. The lowest BCUT2D eigenvalue weighted by Crippen LogP contribution is -2.47. The third-order valence-corrected chi connectivity index (χ3v) is 7.68. The highest BCUT2D eigenvalue weighted by Gasteiger charge is 2.41. The van der Waals surface area contributed by atoms with Crippen LogP contribution in [0.4, 0.5) is 0 Å². The number of hydrogen-bond acceptors (Lipinski definition) is 6. The van der Waals surface area contributed by atoms with Crippen LogP contribution in [0.3, 0.4) is 0 Å². The minimum Gasteiger partial charge on any atom is -0.497 e. The normalized spacial score (nSPS) is 22.1. The van der Waals surface area contributed by atoms with Crippen LogP contribution in [0.1, 0.15) is 71.3 Å². The lowest BCUT2D eigenvalue weighted by Gasteiger charge is -2.36. The highest BCUT2D eigenvalue weighted by atomic mass is 16.6. The maximum absolute atomic E-state index is 12.0. The largest absolute Gasteiger partial charge is 0.497 e. The monoisotopic (exact) mass is 549 g/mol. The van der Waals surface area contributed by atoms with Gasteiger partial charge in [0, 0.05) is 12.5 Å². The number of benzene rings is 2. The SMILES string of the molecule is COc1ccc(-c2ccc(CO[C@H]3CC[C@@H](N4CCCCC4)[C@@H]3OC/C=C\CCC(=O)OC(C)(C)C)cc2)cc1. The first-order valence-corrected chi connectivity index (χ1v) is 14.9. The molecule has 4 rings (SSSR count). The van der Waals surface area contributed by atoms with Gasteiger partial charge in [-0.2, -0.15) is 0 Å². The van der Waals surface area contributed by atoms with Crippen molar-refractivity contribution in [2.45, 2.75) is 96.2 Å². The van der Waals surface area contributed by atoms with Crippen molar-refractivity contribution in [2.24, 2.45) is 0 Å². The van der Waals surface area contributed by atoms with Gasteiger partial charge in [0.25, 0.3) is 0 Å². The summed E-state index contributed by atoms with van der Waals surface area (Å²) in [7, 11) is 1.68. The Bertz CT molecular complexity index is 1070. The van der Waals surface area contributed by atoms with Gasteiger partial charge in [-0.1, -0.05) is 55.0 Å². The number of hydrogen-bond donors (Lipinski definition) is 0. The van der Waals surface area contributed by atoms with Crippen LogP contribution in [0.25, 0.3) is 11.1 Å². The molecule has 2 aromatic carbocycles. The fourth-order valence-electron chi connectivity index (χ4n) is 5.67. The van der Waals surface area contributed by atoms with Gasteiger partial charge in [-0.3, -0.25) is 9.69 Å². The van der Waals surface area contributed by atoms with E-state index in [0.29, 0.717) is 32.1 Å². The van der Waals surface area contributed by atoms with Gasteiger partial charge in [0.1, 0.15) is 11.4 Å². The predicted octanol–water partition coefficient (Wildman–Crippen LogP) is 6.96. The number of piperidine rings is 1. The molecule has 0 spiro atoms. The average Bonchev–Trinajstić information content (AvgIpc) is 3.36. The van der Waals surface area contributed by atoms with E-state index in [-0.39, 0.29) is 18.2 Å². The number of rotatable bonds is 12. The van der Waals surface area contributed by atoms with Crippen LogP contribution >= 0.6 is 0 Å². The van der Waals surface area contributed by atoms with Crippen LogP contribution in [0, 0.1) is 0 Å². The number of nitrogens with zero attached hydrogens (tertiary/aromatic N) is 1. The van der Waals surface area contributed by atoms with Crippen molar-refractivity contribution in [3.8, 4) is 16.9 Å². The summed E-state index contributed by atoms with van der Waals surface area (Å²) in [6.07, 6.45) is 11.2. The lowest BCUT2D eigenvalue weighted by molar-refractivity contribution is -0.154. The van der Waals surface area contributed by atoms with Crippen LogP contribution in [-0.4, -0.2) is 61.5 Å². The van der Waals surface area contributed by atoms with E-state index in [9.17, 15) is 4.79 Å². The molecule has 1 aliphatic heterocycles. The third kappa shape index (κ3) is 9.18. The highest BCUT2D eigenvalue weighted by Crippen LogP contribution is 2.32. The molecule has 3 atom stereocenters. The number of allylic oxidation sites excluding steroid dienone is 1. The Labute approximate surface area is 240 Å². The molecule has 1 heterocycles. The number of likely N-dealkylation sites (tertiary alicyclic amines) is 1. The Morgan fingerprint density at radius 3 is 2.23 bits per heavy atom. The Kier molecular flexibility index (Phi) is 11.2. The van der Waals surface area contributed by atoms with Gasteiger partial charge in [-0.15, -0.1) is 0 Å². The van der Waals surface area contributed by atoms with E-state index in [1.54, 1.807) is 7.11 Å². The number of carbonyl (C=O) groups excluding carboxylic acids is 1. The summed E-state index contributed by atoms with van der Waals surface area (Å²) in [4.78, 5) is 14.6. The van der Waals surface area contributed by atoms with Gasteiger partial charge >= 0.3 is 5.97 Å². The number of ether oxygens (including phenoxy) is 4. The Hall–Kier alpha value is -2.67. The predicted molar refractivity (Wildman–Crippen MR) is 159 cm³/mol. The van der Waals surface area contributed by atoms with Crippen molar-refractivity contribution in [2.75, 3.05) is 26.8 Å². The summed E-state index contributed by atoms with van der Waals surface area (Å²) in [5.41, 5.74) is 3.07. The number of esters is 1. The van der Waals surface area contributed by atoms with E-state index in [0.717, 1.165) is 31.7 Å². The van der Waals surface area contributed by atoms with Gasteiger partial charge < -0.3 is 18.9 Å². The van der Waals surface area contributed by atoms with Crippen molar-refractivity contribution < 1.29 is 23.7 Å². The average molecular weight is 550 g/mol. The summed E-state index contributed by atoms with van der Waals surface area (Å²) < 4.78 is 23.6. The molecule has 0 aromatic heterocycles. The second-order valence-corrected chi connectivity index (χ2v) is 11.9. The zero-order valence-corrected chi connectivity index (χ0v) is 24.8. The highest BCUT2D eigenvalue weighted by molar-refractivity contribution is 5.70. The van der Waals surface area contributed by atoms with Crippen LogP contribution in [0.5, 0.6) is 5.75 Å².